The number of nitrogens with one attached hydrogen (secondary N) is 1. The van der Waals surface area contributed by atoms with Crippen LogP contribution in [0.4, 0.5) is 4.39 Å². The first-order valence-electron chi connectivity index (χ1n) is 10.1. The maximum atomic E-state index is 13.1. The summed E-state index contributed by atoms with van der Waals surface area (Å²) >= 11 is 0. The summed E-state index contributed by atoms with van der Waals surface area (Å²) in [7, 11) is 0. The first kappa shape index (κ1) is 18.9. The Bertz CT molecular complexity index is 907. The summed E-state index contributed by atoms with van der Waals surface area (Å²) < 4.78 is 13.1. The van der Waals surface area contributed by atoms with Gasteiger partial charge in [0, 0.05) is 38.4 Å². The molecule has 0 atom stereocenters. The van der Waals surface area contributed by atoms with Gasteiger partial charge in [0.1, 0.15) is 11.4 Å². The van der Waals surface area contributed by atoms with Gasteiger partial charge in [-0.05, 0) is 61.4 Å². The van der Waals surface area contributed by atoms with Crippen LogP contribution in [0.2, 0.25) is 0 Å². The number of rotatable bonds is 3. The third-order valence-corrected chi connectivity index (χ3v) is 5.76. The predicted octanol–water partition coefficient (Wildman–Crippen LogP) is 2.74. The molecule has 28 heavy (non-hydrogen) atoms. The summed E-state index contributed by atoms with van der Waals surface area (Å²) in [6.45, 7) is 3.60. The lowest BCUT2D eigenvalue weighted by Crippen LogP contribution is -2.38. The van der Waals surface area contributed by atoms with Crippen LogP contribution in [-0.4, -0.2) is 46.9 Å². The van der Waals surface area contributed by atoms with E-state index in [4.69, 9.17) is 0 Å². The van der Waals surface area contributed by atoms with Gasteiger partial charge in [-0.15, -0.1) is 0 Å². The van der Waals surface area contributed by atoms with Crippen molar-refractivity contribution in [1.29, 1.82) is 0 Å². The number of halogens is 1. The second kappa shape index (κ2) is 8.27. The van der Waals surface area contributed by atoms with E-state index >= 15 is 0 Å². The molecule has 0 saturated carbocycles. The van der Waals surface area contributed by atoms with Gasteiger partial charge in [-0.25, -0.2) is 4.39 Å². The number of carbonyl (C=O) groups excluding carboxylic acids is 1. The molecule has 0 unspecified atom stereocenters. The van der Waals surface area contributed by atoms with Gasteiger partial charge in [-0.1, -0.05) is 12.1 Å². The quantitative estimate of drug-likeness (QED) is 0.887. The fraction of sp³-hybridized carbons (Fsp3) is 0.455. The molecule has 148 valence electrons. The van der Waals surface area contributed by atoms with E-state index in [1.807, 2.05) is 6.07 Å². The van der Waals surface area contributed by atoms with Gasteiger partial charge in [-0.2, -0.15) is 0 Å². The molecule has 5 nitrogen and oxygen atoms in total. The summed E-state index contributed by atoms with van der Waals surface area (Å²) in [6.07, 6.45) is 4.87. The van der Waals surface area contributed by atoms with Crippen LogP contribution in [0.1, 0.15) is 46.4 Å². The standard InChI is InChI=1S/C22H26FN3O2/c23-18-8-6-16(7-9-18)15-25-10-3-11-26(13-12-25)22(28)19-14-17-4-1-2-5-20(17)24-21(19)27/h6-9,14H,1-5,10-13,15H2,(H,24,27). The first-order valence-corrected chi connectivity index (χ1v) is 10.1. The Balaban J connectivity index is 1.43. The Morgan fingerprint density at radius 2 is 1.79 bits per heavy atom. The molecule has 0 radical (unpaired) electrons. The zero-order valence-corrected chi connectivity index (χ0v) is 16.0. The molecule has 1 fully saturated rings. The molecule has 1 aliphatic heterocycles. The molecule has 1 aliphatic carbocycles. The minimum absolute atomic E-state index is 0.168. The number of carbonyl (C=O) groups is 1. The number of fused-ring (bicyclic) bond motifs is 1. The number of pyridine rings is 1. The third kappa shape index (κ3) is 4.17. The highest BCUT2D eigenvalue weighted by Gasteiger charge is 2.24. The second-order valence-electron chi connectivity index (χ2n) is 7.77. The maximum Gasteiger partial charge on any atom is 0.261 e. The molecular weight excluding hydrogens is 357 g/mol. The second-order valence-corrected chi connectivity index (χ2v) is 7.77. The van der Waals surface area contributed by atoms with Gasteiger partial charge < -0.3 is 9.88 Å². The number of aromatic nitrogens is 1. The number of aromatic amines is 1. The molecule has 6 heteroatoms. The van der Waals surface area contributed by atoms with Crippen molar-refractivity contribution >= 4 is 5.91 Å². The number of H-pyrrole nitrogens is 1. The van der Waals surface area contributed by atoms with E-state index in [-0.39, 0.29) is 22.8 Å². The number of nitrogens with zero attached hydrogens (tertiary/aromatic N) is 2. The van der Waals surface area contributed by atoms with Crippen LogP contribution in [-0.2, 0) is 19.4 Å². The van der Waals surface area contributed by atoms with Crippen molar-refractivity contribution in [3.8, 4) is 0 Å². The monoisotopic (exact) mass is 383 g/mol. The number of hydrogen-bond donors (Lipinski definition) is 1. The number of amides is 1. The van der Waals surface area contributed by atoms with E-state index in [1.165, 1.54) is 12.1 Å². The Kier molecular flexibility index (Phi) is 5.57. The Morgan fingerprint density at radius 1 is 1.00 bits per heavy atom. The van der Waals surface area contributed by atoms with E-state index in [0.717, 1.165) is 68.6 Å². The van der Waals surface area contributed by atoms with Gasteiger partial charge in [0.05, 0.1) is 0 Å². The largest absolute Gasteiger partial charge is 0.337 e. The van der Waals surface area contributed by atoms with Crippen molar-refractivity contribution in [2.45, 2.75) is 38.6 Å². The topological polar surface area (TPSA) is 56.4 Å². The smallest absolute Gasteiger partial charge is 0.261 e. The van der Waals surface area contributed by atoms with Crippen LogP contribution in [0.5, 0.6) is 0 Å². The van der Waals surface area contributed by atoms with Crippen molar-refractivity contribution in [3.05, 3.63) is 68.9 Å². The summed E-state index contributed by atoms with van der Waals surface area (Å²) in [5.74, 6) is -0.398. The minimum Gasteiger partial charge on any atom is -0.337 e. The van der Waals surface area contributed by atoms with E-state index in [2.05, 4.69) is 9.88 Å². The minimum atomic E-state index is -0.266. The highest BCUT2D eigenvalue weighted by Crippen LogP contribution is 2.19. The molecule has 0 bridgehead atoms. The number of benzene rings is 1. The molecule has 1 amide bonds. The summed E-state index contributed by atoms with van der Waals surface area (Å²) in [5.41, 5.74) is 3.18. The van der Waals surface area contributed by atoms with Crippen LogP contribution in [0.25, 0.3) is 0 Å². The van der Waals surface area contributed by atoms with E-state index in [1.54, 1.807) is 17.0 Å². The highest BCUT2D eigenvalue weighted by atomic mass is 19.1. The van der Waals surface area contributed by atoms with Crippen LogP contribution < -0.4 is 5.56 Å². The molecule has 4 rings (SSSR count). The van der Waals surface area contributed by atoms with Crippen molar-refractivity contribution in [2.75, 3.05) is 26.2 Å². The molecule has 0 spiro atoms. The Labute approximate surface area is 164 Å². The van der Waals surface area contributed by atoms with Crippen LogP contribution >= 0.6 is 0 Å². The number of aryl methyl sites for hydroxylation is 2. The lowest BCUT2D eigenvalue weighted by molar-refractivity contribution is 0.0759. The summed E-state index contributed by atoms with van der Waals surface area (Å²) in [5, 5.41) is 0. The van der Waals surface area contributed by atoms with E-state index in [0.29, 0.717) is 13.1 Å². The molecule has 1 N–H and O–H groups in total. The fourth-order valence-electron chi connectivity index (χ4n) is 4.18. The predicted molar refractivity (Wildman–Crippen MR) is 106 cm³/mol. The normalized spacial score (nSPS) is 17.8. The van der Waals surface area contributed by atoms with Gasteiger partial charge in [0.25, 0.3) is 11.5 Å². The fourth-order valence-corrected chi connectivity index (χ4v) is 4.18. The molecule has 1 saturated heterocycles. The van der Waals surface area contributed by atoms with Crippen molar-refractivity contribution in [2.24, 2.45) is 0 Å². The molecule has 2 aliphatic rings. The average Bonchev–Trinajstić information content (AvgIpc) is 2.94. The Hall–Kier alpha value is -2.47. The van der Waals surface area contributed by atoms with Crippen molar-refractivity contribution in [1.82, 2.24) is 14.8 Å². The highest BCUT2D eigenvalue weighted by molar-refractivity contribution is 5.94. The zero-order valence-electron chi connectivity index (χ0n) is 16.0. The maximum absolute atomic E-state index is 13.1. The van der Waals surface area contributed by atoms with Gasteiger partial charge in [0.2, 0.25) is 0 Å². The zero-order chi connectivity index (χ0) is 19.5. The van der Waals surface area contributed by atoms with Gasteiger partial charge in [-0.3, -0.25) is 14.5 Å². The van der Waals surface area contributed by atoms with Crippen molar-refractivity contribution < 1.29 is 9.18 Å². The van der Waals surface area contributed by atoms with E-state index in [9.17, 15) is 14.0 Å². The van der Waals surface area contributed by atoms with Crippen LogP contribution in [0.3, 0.4) is 0 Å². The Morgan fingerprint density at radius 3 is 2.61 bits per heavy atom. The first-order chi connectivity index (χ1) is 13.6. The molecule has 1 aromatic heterocycles. The summed E-state index contributed by atoms with van der Waals surface area (Å²) in [6, 6.07) is 8.37. The van der Waals surface area contributed by atoms with Crippen molar-refractivity contribution in [3.63, 3.8) is 0 Å². The molecule has 2 heterocycles. The van der Waals surface area contributed by atoms with Gasteiger partial charge in [0.15, 0.2) is 0 Å². The lowest BCUT2D eigenvalue weighted by atomic mass is 9.95. The molecule has 1 aromatic carbocycles. The molecular formula is C22H26FN3O2. The summed E-state index contributed by atoms with van der Waals surface area (Å²) in [4.78, 5) is 32.5. The number of hydrogen-bond acceptors (Lipinski definition) is 3. The van der Waals surface area contributed by atoms with Gasteiger partial charge >= 0.3 is 0 Å². The average molecular weight is 383 g/mol. The van der Waals surface area contributed by atoms with E-state index < -0.39 is 0 Å². The van der Waals surface area contributed by atoms with Crippen LogP contribution in [0, 0.1) is 5.82 Å². The molecule has 2 aromatic rings. The van der Waals surface area contributed by atoms with Crippen LogP contribution in [0.15, 0.2) is 35.1 Å². The third-order valence-electron chi connectivity index (χ3n) is 5.76. The lowest BCUT2D eigenvalue weighted by Gasteiger charge is -2.23. The SMILES string of the molecule is O=C(c1cc2c([nH]c1=O)CCCC2)N1CCCN(Cc2ccc(F)cc2)CC1.